The normalized spacial score (nSPS) is 10.3. The highest BCUT2D eigenvalue weighted by atomic mass is 16.6. The molecule has 0 spiro atoms. The summed E-state index contributed by atoms with van der Waals surface area (Å²) in [5.74, 6) is -0.552. The summed E-state index contributed by atoms with van der Waals surface area (Å²) >= 11 is 0. The number of benzene rings is 2. The summed E-state index contributed by atoms with van der Waals surface area (Å²) in [4.78, 5) is 19.9. The van der Waals surface area contributed by atoms with E-state index in [-0.39, 0.29) is 29.3 Å². The van der Waals surface area contributed by atoms with E-state index in [2.05, 4.69) is 0 Å². The van der Waals surface area contributed by atoms with E-state index in [0.717, 1.165) is 12.1 Å². The van der Waals surface area contributed by atoms with Gasteiger partial charge in [-0.2, -0.15) is 0 Å². The second-order valence-corrected chi connectivity index (χ2v) is 4.32. The number of rotatable bonds is 4. The van der Waals surface area contributed by atoms with Gasteiger partial charge in [-0.25, -0.2) is 0 Å². The standard InChI is InChI=1S/C13H10N2O6/c16-12-6-10(14(18)19)3-1-8(12)5-9-2-4-11(15(20)21)7-13(9)17/h1-4,6-7,16-17H,5H2. The molecule has 0 radical (unpaired) electrons. The van der Waals surface area contributed by atoms with Crippen LogP contribution in [0.2, 0.25) is 0 Å². The fourth-order valence-corrected chi connectivity index (χ4v) is 1.84. The number of phenols is 2. The number of nitrogens with zero attached hydrogens (tertiary/aromatic N) is 2. The minimum atomic E-state index is -0.632. The smallest absolute Gasteiger partial charge is 0.273 e. The minimum absolute atomic E-state index is 0.0909. The first-order valence-corrected chi connectivity index (χ1v) is 5.81. The fourth-order valence-electron chi connectivity index (χ4n) is 1.84. The van der Waals surface area contributed by atoms with Gasteiger partial charge in [-0.3, -0.25) is 20.2 Å². The maximum Gasteiger partial charge on any atom is 0.273 e. The average Bonchev–Trinajstić information content (AvgIpc) is 2.42. The molecule has 21 heavy (non-hydrogen) atoms. The van der Waals surface area contributed by atoms with Gasteiger partial charge in [0.15, 0.2) is 0 Å². The molecule has 0 saturated heterocycles. The molecule has 8 heteroatoms. The Bertz CT molecular complexity index is 667. The van der Waals surface area contributed by atoms with Crippen molar-refractivity contribution in [2.75, 3.05) is 0 Å². The number of hydrogen-bond acceptors (Lipinski definition) is 6. The van der Waals surface area contributed by atoms with Crippen molar-refractivity contribution in [3.63, 3.8) is 0 Å². The van der Waals surface area contributed by atoms with Crippen LogP contribution in [0.5, 0.6) is 11.5 Å². The van der Waals surface area contributed by atoms with Gasteiger partial charge in [-0.1, -0.05) is 0 Å². The third kappa shape index (κ3) is 3.06. The second kappa shape index (κ2) is 5.45. The summed E-state index contributed by atoms with van der Waals surface area (Å²) in [6.45, 7) is 0. The Labute approximate surface area is 118 Å². The van der Waals surface area contributed by atoms with Crippen LogP contribution in [0.25, 0.3) is 0 Å². The Morgan fingerprint density at radius 1 is 0.810 bits per heavy atom. The van der Waals surface area contributed by atoms with Crippen molar-refractivity contribution in [2.24, 2.45) is 0 Å². The number of hydrogen-bond donors (Lipinski definition) is 2. The Morgan fingerprint density at radius 2 is 1.19 bits per heavy atom. The summed E-state index contributed by atoms with van der Waals surface area (Å²) < 4.78 is 0. The van der Waals surface area contributed by atoms with Crippen molar-refractivity contribution in [3.05, 3.63) is 67.8 Å². The molecule has 2 N–H and O–H groups in total. The van der Waals surface area contributed by atoms with Crippen LogP contribution in [0.15, 0.2) is 36.4 Å². The zero-order chi connectivity index (χ0) is 15.6. The minimum Gasteiger partial charge on any atom is -0.507 e. The number of nitro benzene ring substituents is 2. The van der Waals surface area contributed by atoms with Crippen LogP contribution in [-0.2, 0) is 6.42 Å². The van der Waals surface area contributed by atoms with Crippen molar-refractivity contribution in [1.29, 1.82) is 0 Å². The molecule has 0 aromatic heterocycles. The molecule has 108 valence electrons. The molecule has 8 nitrogen and oxygen atoms in total. The van der Waals surface area contributed by atoms with Crippen LogP contribution >= 0.6 is 0 Å². The van der Waals surface area contributed by atoms with Gasteiger partial charge in [-0.15, -0.1) is 0 Å². The van der Waals surface area contributed by atoms with Gasteiger partial charge >= 0.3 is 0 Å². The summed E-state index contributed by atoms with van der Waals surface area (Å²) in [6, 6.07) is 7.23. The van der Waals surface area contributed by atoms with Gasteiger partial charge in [0.1, 0.15) is 11.5 Å². The van der Waals surface area contributed by atoms with E-state index in [1.807, 2.05) is 0 Å². The molecule has 2 aromatic rings. The van der Waals surface area contributed by atoms with E-state index < -0.39 is 9.85 Å². The predicted molar refractivity (Wildman–Crippen MR) is 72.3 cm³/mol. The number of phenolic OH excluding ortho intramolecular Hbond substituents is 2. The fraction of sp³-hybridized carbons (Fsp3) is 0.0769. The van der Waals surface area contributed by atoms with E-state index >= 15 is 0 Å². The molecule has 0 aliphatic carbocycles. The Morgan fingerprint density at radius 3 is 1.48 bits per heavy atom. The lowest BCUT2D eigenvalue weighted by molar-refractivity contribution is -0.385. The summed E-state index contributed by atoms with van der Waals surface area (Å²) in [6.07, 6.45) is 0.0909. The van der Waals surface area contributed by atoms with Crippen LogP contribution in [-0.4, -0.2) is 20.1 Å². The van der Waals surface area contributed by atoms with Crippen molar-refractivity contribution < 1.29 is 20.1 Å². The number of nitro groups is 2. The van der Waals surface area contributed by atoms with Crippen LogP contribution in [0, 0.1) is 20.2 Å². The predicted octanol–water partition coefficient (Wildman–Crippen LogP) is 2.51. The largest absolute Gasteiger partial charge is 0.507 e. The third-order valence-electron chi connectivity index (χ3n) is 2.94. The first kappa shape index (κ1) is 14.3. The quantitative estimate of drug-likeness (QED) is 0.657. The molecule has 0 aliphatic heterocycles. The molecule has 0 unspecified atom stereocenters. The van der Waals surface area contributed by atoms with Gasteiger partial charge in [0.2, 0.25) is 0 Å². The van der Waals surface area contributed by atoms with E-state index in [4.69, 9.17) is 0 Å². The van der Waals surface area contributed by atoms with E-state index in [1.165, 1.54) is 24.3 Å². The molecule has 0 atom stereocenters. The monoisotopic (exact) mass is 290 g/mol. The molecule has 0 heterocycles. The van der Waals surface area contributed by atoms with E-state index in [0.29, 0.717) is 11.1 Å². The van der Waals surface area contributed by atoms with Crippen molar-refractivity contribution in [3.8, 4) is 11.5 Å². The lowest BCUT2D eigenvalue weighted by Gasteiger charge is -2.06. The number of aromatic hydroxyl groups is 2. The second-order valence-electron chi connectivity index (χ2n) is 4.32. The molecule has 0 bridgehead atoms. The molecule has 0 fully saturated rings. The SMILES string of the molecule is O=[N+]([O-])c1ccc(Cc2ccc([N+](=O)[O-])cc2O)c(O)c1. The highest BCUT2D eigenvalue weighted by molar-refractivity contribution is 5.49. The van der Waals surface area contributed by atoms with Crippen LogP contribution in [0.1, 0.15) is 11.1 Å². The lowest BCUT2D eigenvalue weighted by atomic mass is 10.0. The Balaban J connectivity index is 2.30. The highest BCUT2D eigenvalue weighted by Crippen LogP contribution is 2.30. The first-order valence-electron chi connectivity index (χ1n) is 5.81. The summed E-state index contributed by atoms with van der Waals surface area (Å²) in [5, 5.41) is 40.6. The van der Waals surface area contributed by atoms with Gasteiger partial charge in [0, 0.05) is 18.6 Å². The number of non-ortho nitro benzene ring substituents is 2. The Hall–Kier alpha value is -3.16. The molecular formula is C13H10N2O6. The van der Waals surface area contributed by atoms with Crippen LogP contribution in [0.4, 0.5) is 11.4 Å². The van der Waals surface area contributed by atoms with Gasteiger partial charge in [-0.05, 0) is 23.3 Å². The average molecular weight is 290 g/mol. The van der Waals surface area contributed by atoms with Crippen LogP contribution < -0.4 is 0 Å². The maximum absolute atomic E-state index is 10.6. The summed E-state index contributed by atoms with van der Waals surface area (Å²) in [7, 11) is 0. The van der Waals surface area contributed by atoms with Gasteiger partial charge in [0.05, 0.1) is 22.0 Å². The van der Waals surface area contributed by atoms with Gasteiger partial charge < -0.3 is 10.2 Å². The first-order chi connectivity index (χ1) is 9.88. The van der Waals surface area contributed by atoms with Crippen LogP contribution in [0.3, 0.4) is 0 Å². The topological polar surface area (TPSA) is 127 Å². The lowest BCUT2D eigenvalue weighted by Crippen LogP contribution is -1.94. The molecule has 2 aromatic carbocycles. The molecule has 2 rings (SSSR count). The molecule has 0 saturated carbocycles. The zero-order valence-electron chi connectivity index (χ0n) is 10.6. The van der Waals surface area contributed by atoms with Gasteiger partial charge in [0.25, 0.3) is 11.4 Å². The van der Waals surface area contributed by atoms with E-state index in [9.17, 15) is 30.4 Å². The van der Waals surface area contributed by atoms with E-state index in [1.54, 1.807) is 0 Å². The molecular weight excluding hydrogens is 280 g/mol. The summed E-state index contributed by atoms with van der Waals surface area (Å²) in [5.41, 5.74) is 0.239. The zero-order valence-corrected chi connectivity index (χ0v) is 10.6. The maximum atomic E-state index is 10.6. The molecule has 0 amide bonds. The molecule has 0 aliphatic rings. The third-order valence-corrected chi connectivity index (χ3v) is 2.94. The van der Waals surface area contributed by atoms with Crippen molar-refractivity contribution in [2.45, 2.75) is 6.42 Å². The Kier molecular flexibility index (Phi) is 3.70. The van der Waals surface area contributed by atoms with Crippen molar-refractivity contribution >= 4 is 11.4 Å². The highest BCUT2D eigenvalue weighted by Gasteiger charge is 2.14. The van der Waals surface area contributed by atoms with Crippen molar-refractivity contribution in [1.82, 2.24) is 0 Å².